The van der Waals surface area contributed by atoms with Gasteiger partial charge in [-0.2, -0.15) is 39.5 Å². The van der Waals surface area contributed by atoms with Crippen molar-refractivity contribution in [1.29, 1.82) is 0 Å². The molecule has 1 rings (SSSR count). The molecule has 10 heteroatoms. The van der Waals surface area contributed by atoms with Crippen LogP contribution >= 0.6 is 0 Å². The largest absolute Gasteiger partial charge is 0.460 e. The van der Waals surface area contributed by atoms with Crippen LogP contribution in [0, 0.1) is 0 Å². The monoisotopic (exact) mass is 340 g/mol. The number of hydrogen-bond acceptors (Lipinski definition) is 1. The number of halogens is 9. The smallest absolute Gasteiger partial charge is 0.389 e. The number of rotatable bonds is 4. The van der Waals surface area contributed by atoms with Crippen LogP contribution in [-0.4, -0.2) is 23.1 Å². The minimum absolute atomic E-state index is 0.00884. The fourth-order valence-electron chi connectivity index (χ4n) is 1.53. The summed E-state index contributed by atoms with van der Waals surface area (Å²) in [7, 11) is 0. The molecule has 1 nitrogen and oxygen atoms in total. The van der Waals surface area contributed by atoms with Gasteiger partial charge in [0.1, 0.15) is 0 Å². The van der Waals surface area contributed by atoms with Gasteiger partial charge >= 0.3 is 23.9 Å². The van der Waals surface area contributed by atoms with Crippen LogP contribution in [0.4, 0.5) is 39.5 Å². The molecular formula is C12H9F9O. The summed E-state index contributed by atoms with van der Waals surface area (Å²) in [6.07, 6.45) is -8.01. The van der Waals surface area contributed by atoms with Gasteiger partial charge in [-0.3, -0.25) is 0 Å². The standard InChI is InChI=1S/C12H9F9O/c1-6(22)7-2-4-8(5-3-7)9(13,14)10(15,16)11(17,18)12(19,20)21/h2-6,22H,1H3. The molecule has 0 aliphatic carbocycles. The summed E-state index contributed by atoms with van der Waals surface area (Å²) >= 11 is 0. The van der Waals surface area contributed by atoms with Crippen molar-refractivity contribution in [1.82, 2.24) is 0 Å². The van der Waals surface area contributed by atoms with Crippen molar-refractivity contribution < 1.29 is 44.6 Å². The SMILES string of the molecule is CC(O)c1ccc(C(F)(F)C(F)(F)C(F)(F)C(F)(F)F)cc1. The summed E-state index contributed by atoms with van der Waals surface area (Å²) in [4.78, 5) is 0. The first-order valence-electron chi connectivity index (χ1n) is 5.65. The molecule has 0 aromatic heterocycles. The molecule has 1 unspecified atom stereocenters. The molecule has 0 saturated heterocycles. The maximum absolute atomic E-state index is 13.5. The van der Waals surface area contributed by atoms with Gasteiger partial charge in [0.2, 0.25) is 0 Å². The van der Waals surface area contributed by atoms with Crippen LogP contribution in [0.15, 0.2) is 24.3 Å². The van der Waals surface area contributed by atoms with Crippen molar-refractivity contribution >= 4 is 0 Å². The Morgan fingerprint density at radius 3 is 1.50 bits per heavy atom. The van der Waals surface area contributed by atoms with Gasteiger partial charge in [-0.25, -0.2) is 0 Å². The molecule has 0 radical (unpaired) electrons. The normalized spacial score (nSPS) is 15.8. The van der Waals surface area contributed by atoms with Gasteiger partial charge in [-0.05, 0) is 12.5 Å². The number of aliphatic hydroxyl groups excluding tert-OH is 1. The lowest BCUT2D eigenvalue weighted by atomic mass is 9.95. The molecule has 0 aliphatic heterocycles. The highest BCUT2D eigenvalue weighted by molar-refractivity contribution is 5.29. The van der Waals surface area contributed by atoms with E-state index in [1.54, 1.807) is 0 Å². The summed E-state index contributed by atoms with van der Waals surface area (Å²) in [6.45, 7) is 1.21. The molecule has 1 aromatic carbocycles. The molecule has 0 aliphatic rings. The molecular weight excluding hydrogens is 331 g/mol. The molecule has 0 bridgehead atoms. The van der Waals surface area contributed by atoms with Gasteiger partial charge in [0.15, 0.2) is 0 Å². The van der Waals surface area contributed by atoms with E-state index in [0.717, 1.165) is 12.1 Å². The molecule has 0 saturated carbocycles. The van der Waals surface area contributed by atoms with E-state index in [4.69, 9.17) is 5.11 Å². The maximum atomic E-state index is 13.5. The van der Waals surface area contributed by atoms with Gasteiger partial charge in [0, 0.05) is 5.56 Å². The second-order valence-corrected chi connectivity index (χ2v) is 4.52. The maximum Gasteiger partial charge on any atom is 0.460 e. The third-order valence-electron chi connectivity index (χ3n) is 2.90. The molecule has 0 heterocycles. The van der Waals surface area contributed by atoms with Crippen LogP contribution in [0.25, 0.3) is 0 Å². The average molecular weight is 340 g/mol. The van der Waals surface area contributed by atoms with Gasteiger partial charge in [-0.1, -0.05) is 24.3 Å². The lowest BCUT2D eigenvalue weighted by Crippen LogP contribution is -2.59. The first kappa shape index (κ1) is 18.6. The van der Waals surface area contributed by atoms with Gasteiger partial charge in [0.25, 0.3) is 0 Å². The second-order valence-electron chi connectivity index (χ2n) is 4.52. The average Bonchev–Trinajstić information content (AvgIpc) is 2.37. The lowest BCUT2D eigenvalue weighted by Gasteiger charge is -2.33. The Kier molecular flexibility index (Phi) is 4.50. The first-order valence-corrected chi connectivity index (χ1v) is 5.65. The van der Waals surface area contributed by atoms with Crippen LogP contribution in [0.3, 0.4) is 0 Å². The number of hydrogen-bond donors (Lipinski definition) is 1. The first-order chi connectivity index (χ1) is 9.66. The van der Waals surface area contributed by atoms with Crippen molar-refractivity contribution in [3.05, 3.63) is 35.4 Å². The van der Waals surface area contributed by atoms with Crippen LogP contribution in [-0.2, 0) is 5.92 Å². The summed E-state index contributed by atoms with van der Waals surface area (Å²) in [6, 6.07) is 1.94. The van der Waals surface area contributed by atoms with Gasteiger partial charge in [-0.15, -0.1) is 0 Å². The molecule has 22 heavy (non-hydrogen) atoms. The zero-order valence-corrected chi connectivity index (χ0v) is 10.7. The quantitative estimate of drug-likeness (QED) is 0.790. The summed E-state index contributed by atoms with van der Waals surface area (Å²) in [5, 5.41) is 9.11. The van der Waals surface area contributed by atoms with E-state index >= 15 is 0 Å². The predicted octanol–water partition coefficient (Wildman–Crippen LogP) is 4.66. The van der Waals surface area contributed by atoms with E-state index < -0.39 is 35.6 Å². The zero-order chi connectivity index (χ0) is 17.6. The second kappa shape index (κ2) is 5.32. The van der Waals surface area contributed by atoms with E-state index in [9.17, 15) is 39.5 Å². The Morgan fingerprint density at radius 1 is 0.773 bits per heavy atom. The Hall–Kier alpha value is -1.45. The minimum Gasteiger partial charge on any atom is -0.389 e. The fraction of sp³-hybridized carbons (Fsp3) is 0.500. The molecule has 1 atom stereocenters. The molecule has 126 valence electrons. The predicted molar refractivity (Wildman–Crippen MR) is 56.9 cm³/mol. The van der Waals surface area contributed by atoms with E-state index in [1.165, 1.54) is 6.92 Å². The Bertz CT molecular complexity index is 516. The molecule has 1 aromatic rings. The van der Waals surface area contributed by atoms with Crippen molar-refractivity contribution in [3.63, 3.8) is 0 Å². The van der Waals surface area contributed by atoms with Gasteiger partial charge in [0.05, 0.1) is 6.10 Å². The summed E-state index contributed by atoms with van der Waals surface area (Å²) < 4.78 is 115. The highest BCUT2D eigenvalue weighted by atomic mass is 19.4. The molecule has 0 fully saturated rings. The Labute approximate surface area is 118 Å². The van der Waals surface area contributed by atoms with Crippen LogP contribution in [0.5, 0.6) is 0 Å². The summed E-state index contributed by atoms with van der Waals surface area (Å²) in [5.74, 6) is -19.4. The van der Waals surface area contributed by atoms with E-state index in [0.29, 0.717) is 0 Å². The van der Waals surface area contributed by atoms with E-state index in [-0.39, 0.29) is 17.7 Å². The Balaban J connectivity index is 3.32. The van der Waals surface area contributed by atoms with Crippen molar-refractivity contribution in [2.75, 3.05) is 0 Å². The molecule has 1 N–H and O–H groups in total. The van der Waals surface area contributed by atoms with E-state index in [1.807, 2.05) is 0 Å². The van der Waals surface area contributed by atoms with Crippen molar-refractivity contribution in [3.8, 4) is 0 Å². The minimum atomic E-state index is -6.92. The highest BCUT2D eigenvalue weighted by Crippen LogP contribution is 2.56. The molecule has 0 spiro atoms. The third kappa shape index (κ3) is 2.75. The Morgan fingerprint density at radius 2 is 1.18 bits per heavy atom. The zero-order valence-electron chi connectivity index (χ0n) is 10.7. The van der Waals surface area contributed by atoms with Crippen LogP contribution in [0.2, 0.25) is 0 Å². The van der Waals surface area contributed by atoms with Crippen LogP contribution < -0.4 is 0 Å². The molecule has 0 amide bonds. The highest BCUT2D eigenvalue weighted by Gasteiger charge is 2.81. The van der Waals surface area contributed by atoms with Gasteiger partial charge < -0.3 is 5.11 Å². The number of aliphatic hydroxyl groups is 1. The van der Waals surface area contributed by atoms with Crippen LogP contribution in [0.1, 0.15) is 24.2 Å². The number of alkyl halides is 9. The third-order valence-corrected chi connectivity index (χ3v) is 2.90. The van der Waals surface area contributed by atoms with E-state index in [2.05, 4.69) is 0 Å². The van der Waals surface area contributed by atoms with Crippen molar-refractivity contribution in [2.24, 2.45) is 0 Å². The van der Waals surface area contributed by atoms with Crippen molar-refractivity contribution in [2.45, 2.75) is 37.0 Å². The number of benzene rings is 1. The fourth-order valence-corrected chi connectivity index (χ4v) is 1.53. The topological polar surface area (TPSA) is 20.2 Å². The summed E-state index contributed by atoms with van der Waals surface area (Å²) in [5.41, 5.74) is -1.74. The lowest BCUT2D eigenvalue weighted by molar-refractivity contribution is -0.399.